The molecule has 12 rings (SSSR count). The summed E-state index contributed by atoms with van der Waals surface area (Å²) in [7, 11) is 2.41. The molecular formula is C28H32FeP2. The van der Waals surface area contributed by atoms with E-state index in [1.807, 2.05) is 10.6 Å². The van der Waals surface area contributed by atoms with E-state index >= 15 is 0 Å². The molecule has 0 amide bonds. The van der Waals surface area contributed by atoms with Crippen LogP contribution in [0.25, 0.3) is 0 Å². The molecule has 3 heteroatoms. The minimum absolute atomic E-state index is 0.686. The first kappa shape index (κ1) is 15.7. The molecule has 10 heterocycles. The summed E-state index contributed by atoms with van der Waals surface area (Å²) in [6.07, 6.45) is 0. The first-order valence-corrected chi connectivity index (χ1v) is 20.9. The van der Waals surface area contributed by atoms with Crippen molar-refractivity contribution in [3.8, 4) is 0 Å². The van der Waals surface area contributed by atoms with Gasteiger partial charge in [-0.25, -0.2) is 0 Å². The average molecular weight is 486 g/mol. The Kier molecular flexibility index (Phi) is 1.06. The van der Waals surface area contributed by atoms with Gasteiger partial charge in [0.25, 0.3) is 0 Å². The summed E-state index contributed by atoms with van der Waals surface area (Å²) in [5, 5.41) is 3.62. The van der Waals surface area contributed by atoms with Crippen molar-refractivity contribution < 1.29 is 6.51 Å². The van der Waals surface area contributed by atoms with Gasteiger partial charge in [-0.05, 0) is 0 Å². The van der Waals surface area contributed by atoms with Crippen molar-refractivity contribution in [2.24, 2.45) is 0 Å². The fourth-order valence-electron chi connectivity index (χ4n) is 19.8. The van der Waals surface area contributed by atoms with E-state index in [0.29, 0.717) is 11.8 Å². The Morgan fingerprint density at radius 1 is 0.613 bits per heavy atom. The molecule has 10 atom stereocenters. The first-order chi connectivity index (χ1) is 14.7. The summed E-state index contributed by atoms with van der Waals surface area (Å²) in [6.45, 7) is 6.34. The van der Waals surface area contributed by atoms with Crippen LogP contribution in [0.5, 0.6) is 0 Å². The molecule has 10 aliphatic heterocycles. The van der Waals surface area contributed by atoms with Crippen molar-refractivity contribution >= 4 is 27.8 Å². The zero-order valence-electron chi connectivity index (χ0n) is 18.7. The van der Waals surface area contributed by atoms with E-state index in [2.05, 4.69) is 76.2 Å². The third-order valence-corrected chi connectivity index (χ3v) is 73.6. The molecule has 31 heavy (non-hydrogen) atoms. The second-order valence-corrected chi connectivity index (χ2v) is 42.9. The summed E-state index contributed by atoms with van der Waals surface area (Å²) in [5.41, 5.74) is 3.39. The van der Waals surface area contributed by atoms with E-state index in [1.165, 1.54) is 55.7 Å². The van der Waals surface area contributed by atoms with Crippen LogP contribution in [0.2, 0.25) is 38.5 Å². The maximum atomic E-state index is 2.56. The van der Waals surface area contributed by atoms with Gasteiger partial charge in [-0.1, -0.05) is 0 Å². The van der Waals surface area contributed by atoms with Gasteiger partial charge in [0.15, 0.2) is 0 Å². The molecule has 10 fully saturated rings. The number of fused-ring (bicyclic) bond motifs is 10. The fraction of sp³-hybridized carbons (Fsp3) is 0.571. The zero-order chi connectivity index (χ0) is 20.5. The molecule has 10 saturated heterocycles. The quantitative estimate of drug-likeness (QED) is 0.294. The Hall–Kier alpha value is -0.181. The third-order valence-electron chi connectivity index (χ3n) is 18.6. The second kappa shape index (κ2) is 2.09. The molecule has 162 valence electrons. The third kappa shape index (κ3) is 0.327. The SMILES string of the molecule is CC(C)c1ccccc1P[C]12[CH]3[CH]4[CH]5[CH]1[Fe]45321678[CH]2[CH]1[CH]6[C]7(Pc1ccccc1C(C)C)[CH]28. The zero-order valence-corrected chi connectivity index (χ0v) is 21.9. The fourth-order valence-corrected chi connectivity index (χ4v) is 120. The van der Waals surface area contributed by atoms with Gasteiger partial charge >= 0.3 is 180 Å². The van der Waals surface area contributed by atoms with Crippen LogP contribution in [-0.2, 0) is 6.51 Å². The number of hydrogen-bond donors (Lipinski definition) is 0. The van der Waals surface area contributed by atoms with Crippen LogP contribution in [0.15, 0.2) is 48.5 Å². The number of rotatable bonds is 6. The van der Waals surface area contributed by atoms with Crippen molar-refractivity contribution in [2.75, 3.05) is 0 Å². The van der Waals surface area contributed by atoms with Crippen LogP contribution in [0.3, 0.4) is 0 Å². The van der Waals surface area contributed by atoms with Gasteiger partial charge in [0.1, 0.15) is 0 Å². The maximum absolute atomic E-state index is 3.35. The first-order valence-electron chi connectivity index (χ1n) is 12.7. The van der Waals surface area contributed by atoms with Crippen molar-refractivity contribution in [3.63, 3.8) is 0 Å². The number of benzene rings is 2. The molecule has 0 bridgehead atoms. The molecule has 10 unspecified atom stereocenters. The predicted molar refractivity (Wildman–Crippen MR) is 132 cm³/mol. The Balaban J connectivity index is 1.10. The van der Waals surface area contributed by atoms with E-state index in [4.69, 9.17) is 0 Å². The van der Waals surface area contributed by atoms with Crippen LogP contribution in [0.4, 0.5) is 0 Å². The molecule has 0 saturated carbocycles. The van der Waals surface area contributed by atoms with Crippen molar-refractivity contribution in [1.29, 1.82) is 0 Å². The topological polar surface area (TPSA) is 0 Å². The molecule has 0 N–H and O–H groups in total. The summed E-state index contributed by atoms with van der Waals surface area (Å²) in [6, 6.07) is 19.4. The Bertz CT molecular complexity index is 1590. The van der Waals surface area contributed by atoms with Gasteiger partial charge < -0.3 is 0 Å². The van der Waals surface area contributed by atoms with Gasteiger partial charge in [-0.2, -0.15) is 0 Å². The Morgan fingerprint density at radius 3 is 1.29 bits per heavy atom. The molecule has 0 nitrogen and oxygen atoms in total. The summed E-state index contributed by atoms with van der Waals surface area (Å²) < 4.78 is 1.97. The van der Waals surface area contributed by atoms with Crippen molar-refractivity contribution in [3.05, 3.63) is 59.7 Å². The van der Waals surface area contributed by atoms with Gasteiger partial charge in [-0.15, -0.1) is 0 Å². The van der Waals surface area contributed by atoms with Gasteiger partial charge in [0.05, 0.1) is 0 Å². The van der Waals surface area contributed by atoms with E-state index in [-0.39, 0.29) is 0 Å². The van der Waals surface area contributed by atoms with E-state index in [1.54, 1.807) is 11.1 Å². The monoisotopic (exact) mass is 486 g/mol. The Labute approximate surface area is 179 Å². The van der Waals surface area contributed by atoms with Crippen LogP contribution >= 0.6 is 17.2 Å². The van der Waals surface area contributed by atoms with Crippen molar-refractivity contribution in [2.45, 2.75) is 86.2 Å². The van der Waals surface area contributed by atoms with Crippen molar-refractivity contribution in [1.82, 2.24) is 0 Å². The van der Waals surface area contributed by atoms with E-state index < -0.39 is 6.51 Å². The van der Waals surface area contributed by atoms with Gasteiger partial charge in [0, 0.05) is 0 Å². The molecule has 0 aromatic heterocycles. The predicted octanol–water partition coefficient (Wildman–Crippen LogP) is 7.45. The van der Waals surface area contributed by atoms with E-state index in [9.17, 15) is 0 Å². The average Bonchev–Trinajstić information content (AvgIpc) is 3.70. The summed E-state index contributed by atoms with van der Waals surface area (Å²) in [4.78, 5) is 11.1. The second-order valence-electron chi connectivity index (χ2n) is 15.5. The molecular weight excluding hydrogens is 454 g/mol. The molecule has 2 aromatic rings. The standard InChI is InChI=1S/2C14H16P.Fe/c2*1-11(2)13-9-5-6-10-14(13)15-12-7-3-4-8-12;/h2*3-11,15H,1-2H3;. The van der Waals surface area contributed by atoms with Crippen LogP contribution in [0.1, 0.15) is 50.7 Å². The van der Waals surface area contributed by atoms with Crippen LogP contribution < -0.4 is 10.6 Å². The Morgan fingerprint density at radius 2 is 0.968 bits per heavy atom. The molecule has 10 aliphatic rings. The van der Waals surface area contributed by atoms with Crippen LogP contribution in [-0.4, -0.2) is 8.11 Å². The van der Waals surface area contributed by atoms with Gasteiger partial charge in [0.2, 0.25) is 0 Å². The molecule has 1 spiro atoms. The van der Waals surface area contributed by atoms with Gasteiger partial charge in [-0.3, -0.25) is 0 Å². The summed E-state index contributed by atoms with van der Waals surface area (Å²) >= 11 is 0. The normalized spacial score (nSPS) is 74.1. The van der Waals surface area contributed by atoms with Crippen LogP contribution in [0, 0.1) is 0 Å². The molecule has 0 radical (unpaired) electrons. The molecule has 2 aromatic carbocycles. The number of hydrogen-bond acceptors (Lipinski definition) is 0. The molecule has 0 aliphatic carbocycles. The minimum atomic E-state index is -3.35. The van der Waals surface area contributed by atoms with E-state index in [0.717, 1.165) is 8.11 Å². The summed E-state index contributed by atoms with van der Waals surface area (Å²) in [5.74, 6) is 1.37.